The van der Waals surface area contributed by atoms with Crippen LogP contribution in [0.2, 0.25) is 0 Å². The van der Waals surface area contributed by atoms with E-state index in [1.807, 2.05) is 18.2 Å². The van der Waals surface area contributed by atoms with Gasteiger partial charge in [0.15, 0.2) is 11.7 Å². The first-order valence-electron chi connectivity index (χ1n) is 9.74. The zero-order valence-corrected chi connectivity index (χ0v) is 19.4. The molecule has 2 aromatic heterocycles. The van der Waals surface area contributed by atoms with Gasteiger partial charge in [-0.3, -0.25) is 4.99 Å². The van der Waals surface area contributed by atoms with E-state index in [0.717, 1.165) is 30.2 Å². The van der Waals surface area contributed by atoms with Crippen molar-refractivity contribution in [2.24, 2.45) is 4.99 Å². The SMILES string of the molecule is CN=C(NCCc1c[nH]c2ccccc12)NCc1ncc(-c2ccc(C)cc2)o1.I. The van der Waals surface area contributed by atoms with Crippen LogP contribution in [0.15, 0.2) is 70.3 Å². The maximum Gasteiger partial charge on any atom is 0.214 e. The average molecular weight is 515 g/mol. The van der Waals surface area contributed by atoms with Gasteiger partial charge in [0, 0.05) is 36.3 Å². The summed E-state index contributed by atoms with van der Waals surface area (Å²) in [6.45, 7) is 3.32. The van der Waals surface area contributed by atoms with Crippen molar-refractivity contribution in [3.05, 3.63) is 77.9 Å². The van der Waals surface area contributed by atoms with E-state index >= 15 is 0 Å². The summed E-state index contributed by atoms with van der Waals surface area (Å²) in [4.78, 5) is 11.9. The lowest BCUT2D eigenvalue weighted by Gasteiger charge is -2.10. The van der Waals surface area contributed by atoms with Gasteiger partial charge in [0.2, 0.25) is 5.89 Å². The van der Waals surface area contributed by atoms with Crippen LogP contribution in [0.3, 0.4) is 0 Å². The fourth-order valence-electron chi connectivity index (χ4n) is 3.28. The van der Waals surface area contributed by atoms with Crippen LogP contribution in [0.5, 0.6) is 0 Å². The third-order valence-corrected chi connectivity index (χ3v) is 4.88. The average Bonchev–Trinajstić information content (AvgIpc) is 3.38. The molecular formula is C23H26IN5O. The zero-order valence-electron chi connectivity index (χ0n) is 17.1. The number of nitrogens with zero attached hydrogens (tertiary/aromatic N) is 2. The molecule has 0 amide bonds. The van der Waals surface area contributed by atoms with Gasteiger partial charge in [-0.05, 0) is 25.0 Å². The Morgan fingerprint density at radius 1 is 1.10 bits per heavy atom. The lowest BCUT2D eigenvalue weighted by Crippen LogP contribution is -2.37. The molecule has 0 unspecified atom stereocenters. The first-order chi connectivity index (χ1) is 14.2. The van der Waals surface area contributed by atoms with Crippen LogP contribution < -0.4 is 10.6 Å². The van der Waals surface area contributed by atoms with Gasteiger partial charge in [0.05, 0.1) is 12.7 Å². The number of hydrogen-bond acceptors (Lipinski definition) is 3. The van der Waals surface area contributed by atoms with E-state index in [-0.39, 0.29) is 24.0 Å². The second-order valence-corrected chi connectivity index (χ2v) is 6.95. The summed E-state index contributed by atoms with van der Waals surface area (Å²) >= 11 is 0. The minimum absolute atomic E-state index is 0. The number of guanidine groups is 1. The lowest BCUT2D eigenvalue weighted by atomic mass is 10.1. The summed E-state index contributed by atoms with van der Waals surface area (Å²) in [6, 6.07) is 16.5. The van der Waals surface area contributed by atoms with Crippen LogP contribution in [0.4, 0.5) is 0 Å². The van der Waals surface area contributed by atoms with Gasteiger partial charge >= 0.3 is 0 Å². The van der Waals surface area contributed by atoms with E-state index in [1.54, 1.807) is 13.2 Å². The lowest BCUT2D eigenvalue weighted by molar-refractivity contribution is 0.497. The summed E-state index contributed by atoms with van der Waals surface area (Å²) in [5.74, 6) is 2.11. The number of nitrogens with one attached hydrogen (secondary N) is 3. The zero-order chi connectivity index (χ0) is 20.1. The van der Waals surface area contributed by atoms with Gasteiger partial charge in [0.25, 0.3) is 0 Å². The fraction of sp³-hybridized carbons (Fsp3) is 0.217. The summed E-state index contributed by atoms with van der Waals surface area (Å²) in [7, 11) is 1.76. The Labute approximate surface area is 193 Å². The molecule has 4 rings (SSSR count). The quantitative estimate of drug-likeness (QED) is 0.198. The highest BCUT2D eigenvalue weighted by Gasteiger charge is 2.08. The molecule has 3 N–H and O–H groups in total. The highest BCUT2D eigenvalue weighted by molar-refractivity contribution is 14.0. The standard InChI is InChI=1S/C23H25N5O.HI/c1-16-7-9-17(10-8-16)21-14-27-22(29-21)15-28-23(24-2)25-12-11-18-13-26-20-6-4-3-5-19(18)20;/h3-10,13-14,26H,11-12,15H2,1-2H3,(H2,24,25,28);1H. The molecule has 2 aromatic carbocycles. The molecule has 0 saturated carbocycles. The maximum absolute atomic E-state index is 5.86. The third kappa shape index (κ3) is 5.21. The van der Waals surface area contributed by atoms with E-state index < -0.39 is 0 Å². The van der Waals surface area contributed by atoms with Gasteiger partial charge in [-0.2, -0.15) is 0 Å². The Bertz CT molecular complexity index is 1110. The molecule has 2 heterocycles. The second-order valence-electron chi connectivity index (χ2n) is 6.95. The number of fused-ring (bicyclic) bond motifs is 1. The molecule has 0 saturated heterocycles. The number of aromatic nitrogens is 2. The maximum atomic E-state index is 5.86. The minimum atomic E-state index is 0. The number of H-pyrrole nitrogens is 1. The molecule has 0 radical (unpaired) electrons. The van der Waals surface area contributed by atoms with E-state index in [1.165, 1.54) is 22.0 Å². The van der Waals surface area contributed by atoms with E-state index in [2.05, 4.69) is 69.0 Å². The molecule has 0 bridgehead atoms. The summed E-state index contributed by atoms with van der Waals surface area (Å²) < 4.78 is 5.86. The molecular weight excluding hydrogens is 489 g/mol. The summed E-state index contributed by atoms with van der Waals surface area (Å²) in [5, 5.41) is 7.86. The Morgan fingerprint density at radius 2 is 1.90 bits per heavy atom. The van der Waals surface area contributed by atoms with Gasteiger partial charge in [-0.25, -0.2) is 4.98 Å². The largest absolute Gasteiger partial charge is 0.439 e. The Balaban J connectivity index is 0.00000256. The van der Waals surface area contributed by atoms with Gasteiger partial charge in [-0.1, -0.05) is 48.0 Å². The summed E-state index contributed by atoms with van der Waals surface area (Å²) in [6.07, 6.45) is 4.73. The first kappa shape index (κ1) is 21.9. The van der Waals surface area contributed by atoms with Crippen LogP contribution in [-0.4, -0.2) is 29.5 Å². The van der Waals surface area contributed by atoms with Gasteiger partial charge < -0.3 is 20.0 Å². The Morgan fingerprint density at radius 3 is 2.70 bits per heavy atom. The van der Waals surface area contributed by atoms with Gasteiger partial charge in [0.1, 0.15) is 0 Å². The molecule has 156 valence electrons. The monoisotopic (exact) mass is 515 g/mol. The topological polar surface area (TPSA) is 78.2 Å². The predicted octanol–water partition coefficient (Wildman–Crippen LogP) is 4.66. The van der Waals surface area contributed by atoms with E-state index in [0.29, 0.717) is 12.4 Å². The molecule has 0 aliphatic heterocycles. The van der Waals surface area contributed by atoms with Crippen LogP contribution in [0.1, 0.15) is 17.0 Å². The molecule has 0 fully saturated rings. The molecule has 30 heavy (non-hydrogen) atoms. The van der Waals surface area contributed by atoms with E-state index in [4.69, 9.17) is 4.42 Å². The smallest absolute Gasteiger partial charge is 0.214 e. The Hall–Kier alpha value is -2.81. The number of para-hydroxylation sites is 1. The van der Waals surface area contributed by atoms with Crippen molar-refractivity contribution < 1.29 is 4.42 Å². The van der Waals surface area contributed by atoms with Crippen molar-refractivity contribution >= 4 is 40.8 Å². The Kier molecular flexibility index (Phi) is 7.51. The molecule has 0 spiro atoms. The number of benzene rings is 2. The predicted molar refractivity (Wildman–Crippen MR) is 132 cm³/mol. The van der Waals surface area contributed by atoms with Gasteiger partial charge in [-0.15, -0.1) is 24.0 Å². The summed E-state index contributed by atoms with van der Waals surface area (Å²) in [5.41, 5.74) is 4.70. The van der Waals surface area contributed by atoms with Crippen molar-refractivity contribution in [1.29, 1.82) is 0 Å². The number of rotatable bonds is 6. The highest BCUT2D eigenvalue weighted by Crippen LogP contribution is 2.20. The van der Waals surface area contributed by atoms with Crippen molar-refractivity contribution in [3.8, 4) is 11.3 Å². The molecule has 7 heteroatoms. The van der Waals surface area contributed by atoms with Crippen LogP contribution >= 0.6 is 24.0 Å². The molecule has 0 aliphatic carbocycles. The molecule has 0 atom stereocenters. The number of aromatic amines is 1. The van der Waals surface area contributed by atoms with E-state index in [9.17, 15) is 0 Å². The first-order valence-corrected chi connectivity index (χ1v) is 9.74. The molecule has 6 nitrogen and oxygen atoms in total. The minimum Gasteiger partial charge on any atom is -0.439 e. The fourth-order valence-corrected chi connectivity index (χ4v) is 3.28. The number of halogens is 1. The van der Waals surface area contributed by atoms with Crippen LogP contribution in [-0.2, 0) is 13.0 Å². The number of aliphatic imine (C=N–C) groups is 1. The number of oxazole rings is 1. The number of aryl methyl sites for hydroxylation is 1. The third-order valence-electron chi connectivity index (χ3n) is 4.88. The molecule has 0 aliphatic rings. The normalized spacial score (nSPS) is 11.3. The second kappa shape index (κ2) is 10.3. The van der Waals surface area contributed by atoms with Crippen LogP contribution in [0, 0.1) is 6.92 Å². The van der Waals surface area contributed by atoms with Crippen molar-refractivity contribution in [2.75, 3.05) is 13.6 Å². The van der Waals surface area contributed by atoms with Crippen molar-refractivity contribution in [2.45, 2.75) is 19.9 Å². The number of hydrogen-bond donors (Lipinski definition) is 3. The van der Waals surface area contributed by atoms with Crippen molar-refractivity contribution in [3.63, 3.8) is 0 Å². The highest BCUT2D eigenvalue weighted by atomic mass is 127. The molecule has 4 aromatic rings. The van der Waals surface area contributed by atoms with Crippen molar-refractivity contribution in [1.82, 2.24) is 20.6 Å². The van der Waals surface area contributed by atoms with Crippen LogP contribution in [0.25, 0.3) is 22.2 Å².